The van der Waals surface area contributed by atoms with Crippen molar-refractivity contribution in [3.8, 4) is 39.5 Å². The predicted molar refractivity (Wildman–Crippen MR) is 290 cm³/mol. The SMILES string of the molecule is CC(C)c1cc(-c2ccccc2)cc(C(C)C)c1-n1c(-c2[c-]ccc3c2sc2cc(C4CCCC4)ccc23)nc2ccccc21.C[Si](C)(C)c1cnc(-c2[c-]cccc2)cc1CC1CCCC1.[Ir]. The minimum absolute atomic E-state index is 0. The molecule has 0 atom stereocenters. The van der Waals surface area contributed by atoms with Crippen LogP contribution in [-0.4, -0.2) is 22.6 Å². The summed E-state index contributed by atoms with van der Waals surface area (Å²) >= 11 is 1.91. The van der Waals surface area contributed by atoms with Crippen LogP contribution in [0.5, 0.6) is 0 Å². The zero-order chi connectivity index (χ0) is 46.2. The van der Waals surface area contributed by atoms with Crippen LogP contribution in [-0.2, 0) is 26.5 Å². The van der Waals surface area contributed by atoms with E-state index in [4.69, 9.17) is 9.97 Å². The van der Waals surface area contributed by atoms with Crippen LogP contribution in [0.3, 0.4) is 0 Å². The Kier molecular flexibility index (Phi) is 14.5. The molecule has 3 nitrogen and oxygen atoms in total. The maximum atomic E-state index is 5.38. The molecule has 9 aromatic rings. The van der Waals surface area contributed by atoms with E-state index in [0.29, 0.717) is 17.8 Å². The van der Waals surface area contributed by atoms with Crippen LogP contribution in [0, 0.1) is 18.1 Å². The number of hydrogen-bond acceptors (Lipinski definition) is 3. The number of hydrogen-bond donors (Lipinski definition) is 0. The number of nitrogens with zero attached hydrogens (tertiary/aromatic N) is 3. The second-order valence-electron chi connectivity index (χ2n) is 21.0. The first-order chi connectivity index (χ1) is 32.5. The number of aromatic nitrogens is 3. The van der Waals surface area contributed by atoms with Crippen LogP contribution in [0.2, 0.25) is 19.6 Å². The maximum absolute atomic E-state index is 5.38. The first-order valence-electron chi connectivity index (χ1n) is 25.1. The Balaban J connectivity index is 0.000000211. The number of para-hydroxylation sites is 2. The van der Waals surface area contributed by atoms with Crippen LogP contribution in [0.1, 0.15) is 119 Å². The number of rotatable bonds is 10. The summed E-state index contributed by atoms with van der Waals surface area (Å²) in [5.41, 5.74) is 15.0. The summed E-state index contributed by atoms with van der Waals surface area (Å²) in [6, 6.07) is 53.3. The van der Waals surface area contributed by atoms with Crippen LogP contribution in [0.15, 0.2) is 134 Å². The van der Waals surface area contributed by atoms with Gasteiger partial charge in [0.2, 0.25) is 0 Å². The van der Waals surface area contributed by atoms with Gasteiger partial charge in [0.05, 0.1) is 24.9 Å². The van der Waals surface area contributed by atoms with E-state index in [2.05, 4.69) is 185 Å². The average Bonchev–Trinajstić information content (AvgIpc) is 4.19. The Morgan fingerprint density at radius 3 is 2.07 bits per heavy atom. The van der Waals surface area contributed by atoms with Gasteiger partial charge in [0.15, 0.2) is 0 Å². The van der Waals surface area contributed by atoms with Gasteiger partial charge in [0.1, 0.15) is 0 Å². The third-order valence-corrected chi connectivity index (χ3v) is 17.8. The van der Waals surface area contributed by atoms with Gasteiger partial charge in [0, 0.05) is 36.7 Å². The van der Waals surface area contributed by atoms with E-state index in [1.54, 1.807) is 10.8 Å². The smallest absolute Gasteiger partial charge is 0.0798 e. The molecule has 0 bridgehead atoms. The van der Waals surface area contributed by atoms with E-state index in [-0.39, 0.29) is 20.1 Å². The van der Waals surface area contributed by atoms with Gasteiger partial charge in [-0.05, 0) is 122 Å². The molecule has 68 heavy (non-hydrogen) atoms. The molecule has 0 N–H and O–H groups in total. The summed E-state index contributed by atoms with van der Waals surface area (Å²) in [7, 11) is -1.35. The zero-order valence-electron chi connectivity index (χ0n) is 41.0. The molecule has 11 rings (SSSR count). The van der Waals surface area contributed by atoms with E-state index >= 15 is 0 Å². The molecule has 1 radical (unpaired) electrons. The van der Waals surface area contributed by atoms with Crippen LogP contribution < -0.4 is 5.19 Å². The fraction of sp³-hybridized carbons (Fsp3) is 0.323. The third kappa shape index (κ3) is 9.77. The van der Waals surface area contributed by atoms with Crippen LogP contribution >= 0.6 is 11.3 Å². The van der Waals surface area contributed by atoms with Gasteiger partial charge in [-0.3, -0.25) is 4.98 Å². The van der Waals surface area contributed by atoms with Crippen molar-refractivity contribution in [3.05, 3.63) is 168 Å². The summed E-state index contributed by atoms with van der Waals surface area (Å²) in [6.07, 6.45) is 14.4. The average molecular weight is 1100 g/mol. The maximum Gasteiger partial charge on any atom is 0.0798 e. The molecule has 0 unspecified atom stereocenters. The monoisotopic (exact) mass is 1100 g/mol. The Labute approximate surface area is 423 Å². The van der Waals surface area contributed by atoms with E-state index in [1.807, 2.05) is 23.5 Å². The van der Waals surface area contributed by atoms with E-state index in [9.17, 15) is 0 Å². The molecular weight excluding hydrogens is 1040 g/mol. The molecule has 6 heteroatoms. The molecule has 0 spiro atoms. The molecule has 0 saturated heterocycles. The normalized spacial score (nSPS) is 14.6. The molecule has 2 fully saturated rings. The minimum atomic E-state index is -1.35. The van der Waals surface area contributed by atoms with Crippen molar-refractivity contribution < 1.29 is 20.1 Å². The van der Waals surface area contributed by atoms with Crippen molar-refractivity contribution in [2.45, 2.75) is 123 Å². The van der Waals surface area contributed by atoms with Crippen molar-refractivity contribution >= 4 is 55.8 Å². The minimum Gasteiger partial charge on any atom is -0.333 e. The number of thiophene rings is 1. The molecule has 3 heterocycles. The van der Waals surface area contributed by atoms with E-state index in [1.165, 1.54) is 111 Å². The molecule has 0 aliphatic heterocycles. The molecule has 6 aromatic carbocycles. The topological polar surface area (TPSA) is 30.7 Å². The van der Waals surface area contributed by atoms with Crippen molar-refractivity contribution in [2.75, 3.05) is 0 Å². The summed E-state index contributed by atoms with van der Waals surface area (Å²) in [6.45, 7) is 16.5. The van der Waals surface area contributed by atoms with Gasteiger partial charge >= 0.3 is 0 Å². The molecule has 3 aromatic heterocycles. The Morgan fingerprint density at radius 1 is 0.691 bits per heavy atom. The first kappa shape index (κ1) is 48.1. The molecule has 0 amide bonds. The Bertz CT molecular complexity index is 3140. The van der Waals surface area contributed by atoms with E-state index < -0.39 is 8.07 Å². The zero-order valence-corrected chi connectivity index (χ0v) is 45.2. The summed E-state index contributed by atoms with van der Waals surface area (Å²) in [5, 5.41) is 4.18. The van der Waals surface area contributed by atoms with Gasteiger partial charge < -0.3 is 9.55 Å². The molecule has 349 valence electrons. The fourth-order valence-electron chi connectivity index (χ4n) is 11.0. The van der Waals surface area contributed by atoms with Crippen molar-refractivity contribution in [1.29, 1.82) is 0 Å². The standard InChI is InChI=1S/C42H39N2S.C20H26NSi.Ir/c1-26(2)35-23-31(29-13-6-5-7-14-29)24-36(27(3)4)40(35)44-38-20-11-10-19-37(38)43-42(44)34-18-12-17-33-32-22-21-30(28-15-8-9-16-28)25-39(32)45-41(33)34;1-22(2,3)20-15-21-19(17-11-5-4-6-12-17)14-18(20)13-16-9-7-8-10-16;/h5-7,10-14,17,19-28H,8-9,15-16H2,1-4H3;4-6,11,14-16H,7-10,13H2,1-3H3;/q2*-1;. The number of imidazole rings is 1. The van der Waals surface area contributed by atoms with Gasteiger partial charge in [-0.25, -0.2) is 0 Å². The third-order valence-electron chi connectivity index (χ3n) is 14.6. The number of pyridine rings is 1. The molecular formula is C62H65IrN3SSi-2. The van der Waals surface area contributed by atoms with Crippen molar-refractivity contribution in [3.63, 3.8) is 0 Å². The fourth-order valence-corrected chi connectivity index (χ4v) is 13.9. The second-order valence-corrected chi connectivity index (χ2v) is 27.1. The molecule has 2 aliphatic rings. The van der Waals surface area contributed by atoms with Gasteiger partial charge in [-0.15, -0.1) is 54.1 Å². The van der Waals surface area contributed by atoms with Crippen LogP contribution in [0.4, 0.5) is 0 Å². The van der Waals surface area contributed by atoms with Gasteiger partial charge in [-0.1, -0.05) is 163 Å². The second kappa shape index (κ2) is 20.5. The molecule has 2 saturated carbocycles. The van der Waals surface area contributed by atoms with Gasteiger partial charge in [-0.2, -0.15) is 11.3 Å². The largest absolute Gasteiger partial charge is 0.333 e. The van der Waals surface area contributed by atoms with Crippen molar-refractivity contribution in [1.82, 2.24) is 14.5 Å². The predicted octanol–water partition coefficient (Wildman–Crippen LogP) is 17.3. The summed E-state index contributed by atoms with van der Waals surface area (Å²) in [4.78, 5) is 10.1. The van der Waals surface area contributed by atoms with E-state index in [0.717, 1.165) is 39.6 Å². The Hall–Kier alpha value is -4.97. The summed E-state index contributed by atoms with van der Waals surface area (Å²) in [5.74, 6) is 3.21. The quantitative estimate of drug-likeness (QED) is 0.101. The number of fused-ring (bicyclic) bond motifs is 4. The van der Waals surface area contributed by atoms with Crippen LogP contribution in [0.25, 0.3) is 70.7 Å². The molecule has 2 aliphatic carbocycles. The Morgan fingerprint density at radius 2 is 1.38 bits per heavy atom. The summed E-state index contributed by atoms with van der Waals surface area (Å²) < 4.78 is 5.09. The van der Waals surface area contributed by atoms with Crippen molar-refractivity contribution in [2.24, 2.45) is 5.92 Å². The van der Waals surface area contributed by atoms with Gasteiger partial charge in [0.25, 0.3) is 0 Å². The number of benzene rings is 6. The first-order valence-corrected chi connectivity index (χ1v) is 29.4.